The number of hydrogen-bond donors (Lipinski definition) is 1. The molecule has 7 heteroatoms. The molecule has 0 spiro atoms. The molecule has 3 rings (SSSR count). The molecule has 2 aromatic carbocycles. The predicted octanol–water partition coefficient (Wildman–Crippen LogP) is 4.84. The van der Waals surface area contributed by atoms with Crippen LogP contribution in [0.5, 0.6) is 5.75 Å². The lowest BCUT2D eigenvalue weighted by Gasteiger charge is -2.22. The summed E-state index contributed by atoms with van der Waals surface area (Å²) in [6, 6.07) is 17.8. The van der Waals surface area contributed by atoms with E-state index in [4.69, 9.17) is 17.0 Å². The lowest BCUT2D eigenvalue weighted by Crippen LogP contribution is -2.32. The van der Waals surface area contributed by atoms with Crippen molar-refractivity contribution in [1.82, 2.24) is 19.7 Å². The molecule has 3 aromatic rings. The maximum Gasteiger partial charge on any atom is 0.224 e. The number of ether oxygens (including phenoxy) is 1. The number of nitrogens with one attached hydrogen (secondary N) is 1. The van der Waals surface area contributed by atoms with Crippen LogP contribution in [0.15, 0.2) is 54.6 Å². The van der Waals surface area contributed by atoms with Crippen LogP contribution in [0.3, 0.4) is 0 Å². The van der Waals surface area contributed by atoms with E-state index in [1.165, 1.54) is 0 Å². The third kappa shape index (κ3) is 5.57. The summed E-state index contributed by atoms with van der Waals surface area (Å²) in [6.45, 7) is 6.49. The fraction of sp³-hybridized carbons (Fsp3) is 0.348. The number of rotatable bonds is 10. The molecule has 1 N–H and O–H groups in total. The van der Waals surface area contributed by atoms with E-state index in [-0.39, 0.29) is 5.91 Å². The van der Waals surface area contributed by atoms with Gasteiger partial charge in [-0.25, -0.2) is 0 Å². The molecule has 1 amide bonds. The van der Waals surface area contributed by atoms with Crippen molar-refractivity contribution in [2.45, 2.75) is 39.8 Å². The number of amides is 1. The summed E-state index contributed by atoms with van der Waals surface area (Å²) in [4.78, 5) is 14.9. The molecule has 0 saturated carbocycles. The highest BCUT2D eigenvalue weighted by Crippen LogP contribution is 2.21. The van der Waals surface area contributed by atoms with Crippen LogP contribution in [0.25, 0.3) is 11.4 Å². The molecule has 0 aliphatic heterocycles. The highest BCUT2D eigenvalue weighted by atomic mass is 32.1. The Labute approximate surface area is 182 Å². The summed E-state index contributed by atoms with van der Waals surface area (Å²) in [5, 5.41) is 7.22. The van der Waals surface area contributed by atoms with Crippen molar-refractivity contribution in [3.05, 3.63) is 64.9 Å². The largest absolute Gasteiger partial charge is 0.494 e. The van der Waals surface area contributed by atoms with Gasteiger partial charge in [-0.15, -0.1) is 0 Å². The number of hydrogen-bond acceptors (Lipinski definition) is 4. The van der Waals surface area contributed by atoms with Gasteiger partial charge >= 0.3 is 0 Å². The lowest BCUT2D eigenvalue weighted by molar-refractivity contribution is -0.132. The first-order chi connectivity index (χ1) is 14.6. The molecule has 0 fully saturated rings. The molecule has 0 bridgehead atoms. The van der Waals surface area contributed by atoms with E-state index in [9.17, 15) is 4.79 Å². The van der Waals surface area contributed by atoms with E-state index in [1.54, 1.807) is 0 Å². The number of carbonyl (C=O) groups excluding carboxylic acids is 1. The van der Waals surface area contributed by atoms with Crippen molar-refractivity contribution in [2.75, 3.05) is 13.2 Å². The minimum Gasteiger partial charge on any atom is -0.494 e. The van der Waals surface area contributed by atoms with Crippen LogP contribution in [-0.4, -0.2) is 38.7 Å². The van der Waals surface area contributed by atoms with Crippen molar-refractivity contribution >= 4 is 18.1 Å². The second-order valence-corrected chi connectivity index (χ2v) is 7.40. The molecule has 0 aliphatic rings. The van der Waals surface area contributed by atoms with Crippen molar-refractivity contribution in [1.29, 1.82) is 0 Å². The Kier molecular flexibility index (Phi) is 7.79. The summed E-state index contributed by atoms with van der Waals surface area (Å²) >= 11 is 5.41. The molecular weight excluding hydrogens is 396 g/mol. The Hall–Kier alpha value is -2.93. The topological polar surface area (TPSA) is 63.1 Å². The van der Waals surface area contributed by atoms with Crippen LogP contribution in [0.4, 0.5) is 0 Å². The lowest BCUT2D eigenvalue weighted by atomic mass is 10.2. The summed E-state index contributed by atoms with van der Waals surface area (Å²) in [6.07, 6.45) is 1.28. The molecule has 1 aromatic heterocycles. The smallest absolute Gasteiger partial charge is 0.224 e. The van der Waals surface area contributed by atoms with Crippen LogP contribution in [0.2, 0.25) is 0 Å². The van der Waals surface area contributed by atoms with E-state index in [0.29, 0.717) is 30.9 Å². The molecule has 0 aliphatic carbocycles. The Morgan fingerprint density at radius 3 is 2.53 bits per heavy atom. The fourth-order valence-corrected chi connectivity index (χ4v) is 3.57. The van der Waals surface area contributed by atoms with Crippen LogP contribution < -0.4 is 4.74 Å². The quantitative estimate of drug-likeness (QED) is 0.473. The predicted molar refractivity (Wildman–Crippen MR) is 121 cm³/mol. The van der Waals surface area contributed by atoms with Crippen LogP contribution >= 0.6 is 12.2 Å². The SMILES string of the molecule is CCCN(Cc1ccccc1)C(=O)CCn1c(-c2ccc(OCC)cc2)n[nH]c1=S. The highest BCUT2D eigenvalue weighted by molar-refractivity contribution is 7.71. The number of benzene rings is 2. The van der Waals surface area contributed by atoms with Gasteiger partial charge in [0.25, 0.3) is 0 Å². The molecule has 0 radical (unpaired) electrons. The number of aromatic nitrogens is 3. The maximum absolute atomic E-state index is 12.9. The minimum atomic E-state index is 0.112. The first kappa shape index (κ1) is 21.8. The van der Waals surface area contributed by atoms with Gasteiger partial charge in [0.2, 0.25) is 5.91 Å². The van der Waals surface area contributed by atoms with Gasteiger partial charge in [0, 0.05) is 31.6 Å². The second kappa shape index (κ2) is 10.7. The number of carbonyl (C=O) groups is 1. The average molecular weight is 425 g/mol. The normalized spacial score (nSPS) is 10.7. The van der Waals surface area contributed by atoms with Crippen molar-refractivity contribution < 1.29 is 9.53 Å². The molecule has 0 unspecified atom stereocenters. The van der Waals surface area contributed by atoms with E-state index in [0.717, 1.165) is 35.7 Å². The number of aromatic amines is 1. The maximum atomic E-state index is 12.9. The Bertz CT molecular complexity index is 996. The molecule has 1 heterocycles. The Balaban J connectivity index is 1.70. The van der Waals surface area contributed by atoms with Gasteiger partial charge < -0.3 is 9.64 Å². The average Bonchev–Trinajstić information content (AvgIpc) is 3.13. The zero-order chi connectivity index (χ0) is 21.3. The van der Waals surface area contributed by atoms with Crippen LogP contribution in [0, 0.1) is 4.77 Å². The molecule has 0 atom stereocenters. The summed E-state index contributed by atoms with van der Waals surface area (Å²) in [5.41, 5.74) is 2.06. The Morgan fingerprint density at radius 2 is 1.87 bits per heavy atom. The number of H-pyrrole nitrogens is 1. The van der Waals surface area contributed by atoms with Gasteiger partial charge in [-0.05, 0) is 55.4 Å². The molecule has 0 saturated heterocycles. The van der Waals surface area contributed by atoms with E-state index < -0.39 is 0 Å². The van der Waals surface area contributed by atoms with Crippen molar-refractivity contribution in [2.24, 2.45) is 0 Å². The van der Waals surface area contributed by atoms with Gasteiger partial charge in [0.05, 0.1) is 6.61 Å². The van der Waals surface area contributed by atoms with Gasteiger partial charge in [-0.1, -0.05) is 37.3 Å². The summed E-state index contributed by atoms with van der Waals surface area (Å²) in [7, 11) is 0. The van der Waals surface area contributed by atoms with Crippen molar-refractivity contribution in [3.63, 3.8) is 0 Å². The van der Waals surface area contributed by atoms with Crippen LogP contribution in [-0.2, 0) is 17.9 Å². The first-order valence-corrected chi connectivity index (χ1v) is 10.7. The summed E-state index contributed by atoms with van der Waals surface area (Å²) < 4.78 is 7.90. The molecule has 158 valence electrons. The first-order valence-electron chi connectivity index (χ1n) is 10.3. The monoisotopic (exact) mass is 424 g/mol. The molecule has 6 nitrogen and oxygen atoms in total. The van der Waals surface area contributed by atoms with E-state index >= 15 is 0 Å². The highest BCUT2D eigenvalue weighted by Gasteiger charge is 2.16. The van der Waals surface area contributed by atoms with Gasteiger partial charge in [0.1, 0.15) is 5.75 Å². The minimum absolute atomic E-state index is 0.112. The standard InChI is InChI=1S/C23H28N4O2S/c1-3-15-26(17-18-8-6-5-7-9-18)21(28)14-16-27-22(24-25-23(27)30)19-10-12-20(13-11-19)29-4-2/h5-13H,3-4,14-17H2,1-2H3,(H,25,30). The molecule has 30 heavy (non-hydrogen) atoms. The third-order valence-corrected chi connectivity index (χ3v) is 5.11. The third-order valence-electron chi connectivity index (χ3n) is 4.79. The second-order valence-electron chi connectivity index (χ2n) is 7.01. The van der Waals surface area contributed by atoms with E-state index in [2.05, 4.69) is 17.1 Å². The summed E-state index contributed by atoms with van der Waals surface area (Å²) in [5.74, 6) is 1.65. The van der Waals surface area contributed by atoms with Gasteiger partial charge in [-0.2, -0.15) is 5.10 Å². The van der Waals surface area contributed by atoms with Crippen LogP contribution in [0.1, 0.15) is 32.3 Å². The van der Waals surface area contributed by atoms with E-state index in [1.807, 2.05) is 71.0 Å². The molecular formula is C23H28N4O2S. The van der Waals surface area contributed by atoms with Crippen molar-refractivity contribution in [3.8, 4) is 17.1 Å². The Morgan fingerprint density at radius 1 is 1.13 bits per heavy atom. The zero-order valence-electron chi connectivity index (χ0n) is 17.5. The number of nitrogens with zero attached hydrogens (tertiary/aromatic N) is 3. The zero-order valence-corrected chi connectivity index (χ0v) is 18.3. The fourth-order valence-electron chi connectivity index (χ4n) is 3.34. The van der Waals surface area contributed by atoms with Gasteiger partial charge in [-0.3, -0.25) is 14.5 Å². The van der Waals surface area contributed by atoms with Gasteiger partial charge in [0.15, 0.2) is 10.6 Å².